The lowest BCUT2D eigenvalue weighted by Gasteiger charge is -2.22. The summed E-state index contributed by atoms with van der Waals surface area (Å²) in [6, 6.07) is 9.44. The van der Waals surface area contributed by atoms with E-state index in [-0.39, 0.29) is 17.7 Å². The Bertz CT molecular complexity index is 785. The molecule has 0 bridgehead atoms. The van der Waals surface area contributed by atoms with Crippen LogP contribution in [0.4, 0.5) is 10.1 Å². The molecular weight excluding hydrogens is 359 g/mol. The van der Waals surface area contributed by atoms with Gasteiger partial charge in [0.1, 0.15) is 12.3 Å². The van der Waals surface area contributed by atoms with Crippen LogP contribution in [0.5, 0.6) is 11.5 Å². The van der Waals surface area contributed by atoms with Crippen molar-refractivity contribution in [2.75, 3.05) is 26.6 Å². The van der Waals surface area contributed by atoms with Gasteiger partial charge in [-0.3, -0.25) is 4.79 Å². The number of hydrogen-bond acceptors (Lipinski definition) is 3. The maximum atomic E-state index is 13.8. The fraction of sp³-hybridized carbons (Fsp3) is 0.316. The molecule has 7 heteroatoms. The molecule has 2 aromatic carbocycles. The molecule has 0 fully saturated rings. The summed E-state index contributed by atoms with van der Waals surface area (Å²) in [5.74, 6) is 0.130. The van der Waals surface area contributed by atoms with Crippen LogP contribution in [0.15, 0.2) is 36.4 Å². The molecule has 2 N–H and O–H groups in total. The normalized spacial score (nSPS) is 13.0. The van der Waals surface area contributed by atoms with E-state index >= 15 is 0 Å². The summed E-state index contributed by atoms with van der Waals surface area (Å²) in [7, 11) is 4.82. The zero-order chi connectivity index (χ0) is 19.3. The monoisotopic (exact) mass is 381 g/mol. The van der Waals surface area contributed by atoms with Gasteiger partial charge in [-0.1, -0.05) is 11.6 Å². The lowest BCUT2D eigenvalue weighted by molar-refractivity contribution is -0.907. The average Bonchev–Trinajstić information content (AvgIpc) is 2.61. The van der Waals surface area contributed by atoms with Crippen LogP contribution in [-0.4, -0.2) is 33.2 Å². The SMILES string of the molecule is COc1ccc(C[NH+](C)[C@H](C)C(=O)Nc2cc(Cl)ccc2OC)cc1F. The van der Waals surface area contributed by atoms with E-state index in [2.05, 4.69) is 5.32 Å². The van der Waals surface area contributed by atoms with Crippen LogP contribution in [-0.2, 0) is 11.3 Å². The quantitative estimate of drug-likeness (QED) is 0.775. The van der Waals surface area contributed by atoms with Crippen LogP contribution < -0.4 is 19.7 Å². The van der Waals surface area contributed by atoms with Gasteiger partial charge in [0.15, 0.2) is 17.6 Å². The zero-order valence-electron chi connectivity index (χ0n) is 15.2. The van der Waals surface area contributed by atoms with Gasteiger partial charge in [-0.05, 0) is 43.3 Å². The van der Waals surface area contributed by atoms with Crippen molar-refractivity contribution in [1.82, 2.24) is 0 Å². The summed E-state index contributed by atoms with van der Waals surface area (Å²) in [6.07, 6.45) is 0. The molecule has 1 amide bonds. The van der Waals surface area contributed by atoms with Crippen molar-refractivity contribution >= 4 is 23.2 Å². The molecule has 2 atom stereocenters. The third kappa shape index (κ3) is 4.86. The highest BCUT2D eigenvalue weighted by atomic mass is 35.5. The number of amides is 1. The number of halogens is 2. The molecule has 0 aliphatic rings. The van der Waals surface area contributed by atoms with Crippen molar-refractivity contribution in [3.8, 4) is 11.5 Å². The highest BCUT2D eigenvalue weighted by Gasteiger charge is 2.23. The molecule has 0 aliphatic heterocycles. The Hall–Kier alpha value is -2.31. The van der Waals surface area contributed by atoms with Gasteiger partial charge in [0, 0.05) is 10.6 Å². The van der Waals surface area contributed by atoms with Crippen molar-refractivity contribution in [1.29, 1.82) is 0 Å². The van der Waals surface area contributed by atoms with Crippen molar-refractivity contribution in [3.63, 3.8) is 0 Å². The van der Waals surface area contributed by atoms with Crippen LogP contribution >= 0.6 is 11.6 Å². The van der Waals surface area contributed by atoms with Crippen molar-refractivity contribution in [2.45, 2.75) is 19.5 Å². The van der Waals surface area contributed by atoms with E-state index in [0.29, 0.717) is 23.0 Å². The van der Waals surface area contributed by atoms with E-state index in [4.69, 9.17) is 21.1 Å². The molecule has 0 aromatic heterocycles. The van der Waals surface area contributed by atoms with Gasteiger partial charge in [-0.15, -0.1) is 0 Å². The van der Waals surface area contributed by atoms with Gasteiger partial charge < -0.3 is 19.7 Å². The fourth-order valence-electron chi connectivity index (χ4n) is 2.54. The van der Waals surface area contributed by atoms with Gasteiger partial charge >= 0.3 is 0 Å². The van der Waals surface area contributed by atoms with Gasteiger partial charge in [0.2, 0.25) is 0 Å². The number of likely N-dealkylation sites (N-methyl/N-ethyl adjacent to an activating group) is 1. The van der Waals surface area contributed by atoms with Gasteiger partial charge in [0.05, 0.1) is 27.0 Å². The predicted molar refractivity (Wildman–Crippen MR) is 99.6 cm³/mol. The second kappa shape index (κ2) is 8.87. The maximum absolute atomic E-state index is 13.8. The van der Waals surface area contributed by atoms with Crippen molar-refractivity contribution in [3.05, 3.63) is 52.8 Å². The minimum atomic E-state index is -0.418. The van der Waals surface area contributed by atoms with Crippen molar-refractivity contribution in [2.24, 2.45) is 0 Å². The summed E-state index contributed by atoms with van der Waals surface area (Å²) in [6.45, 7) is 2.30. The third-order valence-corrected chi connectivity index (χ3v) is 4.49. The maximum Gasteiger partial charge on any atom is 0.282 e. The van der Waals surface area contributed by atoms with E-state index in [9.17, 15) is 9.18 Å². The summed E-state index contributed by atoms with van der Waals surface area (Å²) in [5, 5.41) is 3.34. The summed E-state index contributed by atoms with van der Waals surface area (Å²) in [5.41, 5.74) is 1.29. The largest absolute Gasteiger partial charge is 0.495 e. The standard InChI is InChI=1S/C19H22ClFN2O3/c1-12(19(24)22-16-10-14(20)6-8-18(16)26-4)23(2)11-13-5-7-17(25-3)15(21)9-13/h5-10,12H,11H2,1-4H3,(H,22,24)/p+1/t12-/m1/s1. The Balaban J connectivity index is 2.05. The molecule has 5 nitrogen and oxygen atoms in total. The summed E-state index contributed by atoms with van der Waals surface area (Å²) < 4.78 is 24.0. The molecule has 2 rings (SSSR count). The van der Waals surface area contributed by atoms with Crippen LogP contribution in [0.2, 0.25) is 5.02 Å². The summed E-state index contributed by atoms with van der Waals surface area (Å²) >= 11 is 5.99. The molecular formula is C19H23ClFN2O3+. The van der Waals surface area contributed by atoms with E-state index in [1.165, 1.54) is 20.3 Å². The van der Waals surface area contributed by atoms with Gasteiger partial charge in [0.25, 0.3) is 5.91 Å². The van der Waals surface area contributed by atoms with Crippen LogP contribution in [0.25, 0.3) is 0 Å². The molecule has 140 valence electrons. The number of carbonyl (C=O) groups is 1. The first kappa shape index (κ1) is 20.0. The topological polar surface area (TPSA) is 52.0 Å². The highest BCUT2D eigenvalue weighted by Crippen LogP contribution is 2.27. The first-order valence-electron chi connectivity index (χ1n) is 8.14. The molecule has 0 aliphatic carbocycles. The first-order valence-corrected chi connectivity index (χ1v) is 8.52. The number of ether oxygens (including phenoxy) is 2. The minimum Gasteiger partial charge on any atom is -0.495 e. The lowest BCUT2D eigenvalue weighted by atomic mass is 10.1. The summed E-state index contributed by atoms with van der Waals surface area (Å²) in [4.78, 5) is 13.5. The minimum absolute atomic E-state index is 0.183. The number of anilines is 1. The Kier molecular flexibility index (Phi) is 6.83. The highest BCUT2D eigenvalue weighted by molar-refractivity contribution is 6.31. The second-order valence-electron chi connectivity index (χ2n) is 6.05. The number of hydrogen-bond donors (Lipinski definition) is 2. The van der Waals surface area contributed by atoms with E-state index in [0.717, 1.165) is 10.5 Å². The van der Waals surface area contributed by atoms with Gasteiger partial charge in [-0.25, -0.2) is 4.39 Å². The number of nitrogens with one attached hydrogen (secondary N) is 2. The zero-order valence-corrected chi connectivity index (χ0v) is 16.0. The molecule has 0 heterocycles. The fourth-order valence-corrected chi connectivity index (χ4v) is 2.71. The predicted octanol–water partition coefficient (Wildman–Crippen LogP) is 2.54. The smallest absolute Gasteiger partial charge is 0.282 e. The Morgan fingerprint density at radius 2 is 1.85 bits per heavy atom. The second-order valence-corrected chi connectivity index (χ2v) is 6.48. The molecule has 1 unspecified atom stereocenters. The molecule has 0 saturated carbocycles. The number of quaternary nitrogens is 1. The van der Waals surface area contributed by atoms with Crippen molar-refractivity contribution < 1.29 is 23.6 Å². The van der Waals surface area contributed by atoms with Gasteiger partial charge in [-0.2, -0.15) is 0 Å². The van der Waals surface area contributed by atoms with Crippen LogP contribution in [0.1, 0.15) is 12.5 Å². The number of methoxy groups -OCH3 is 2. The Labute approximate surface area is 157 Å². The molecule has 0 spiro atoms. The number of carbonyl (C=O) groups excluding carboxylic acids is 1. The lowest BCUT2D eigenvalue weighted by Crippen LogP contribution is -3.12. The van der Waals surface area contributed by atoms with Crippen LogP contribution in [0.3, 0.4) is 0 Å². The molecule has 0 radical (unpaired) electrons. The van der Waals surface area contributed by atoms with E-state index < -0.39 is 5.82 Å². The first-order chi connectivity index (χ1) is 12.3. The molecule has 26 heavy (non-hydrogen) atoms. The number of rotatable bonds is 7. The van der Waals surface area contributed by atoms with Crippen LogP contribution in [0, 0.1) is 5.82 Å². The molecule has 2 aromatic rings. The average molecular weight is 382 g/mol. The van der Waals surface area contributed by atoms with E-state index in [1.54, 1.807) is 30.3 Å². The molecule has 0 saturated heterocycles. The Morgan fingerprint density at radius 3 is 2.46 bits per heavy atom. The number of benzene rings is 2. The Morgan fingerprint density at radius 1 is 1.19 bits per heavy atom. The van der Waals surface area contributed by atoms with E-state index in [1.807, 2.05) is 14.0 Å². The third-order valence-electron chi connectivity index (χ3n) is 4.25.